The lowest BCUT2D eigenvalue weighted by atomic mass is 10.2. The first-order chi connectivity index (χ1) is 8.06. The van der Waals surface area contributed by atoms with Gasteiger partial charge in [-0.1, -0.05) is 6.07 Å². The second-order valence-corrected chi connectivity index (χ2v) is 5.78. The van der Waals surface area contributed by atoms with Gasteiger partial charge in [0.25, 0.3) is 0 Å². The third kappa shape index (κ3) is 3.59. The molecule has 2 N–H and O–H groups in total. The molecule has 0 saturated heterocycles. The van der Waals surface area contributed by atoms with Crippen LogP contribution in [0.15, 0.2) is 18.2 Å². The van der Waals surface area contributed by atoms with Crippen LogP contribution >= 0.6 is 22.6 Å². The van der Waals surface area contributed by atoms with Gasteiger partial charge in [0.15, 0.2) is 0 Å². The van der Waals surface area contributed by atoms with Crippen molar-refractivity contribution >= 4 is 34.2 Å². The van der Waals surface area contributed by atoms with Crippen LogP contribution in [0.4, 0.5) is 5.69 Å². The van der Waals surface area contributed by atoms with Gasteiger partial charge in [0.1, 0.15) is 6.04 Å². The van der Waals surface area contributed by atoms with Gasteiger partial charge < -0.3 is 10.6 Å². The fourth-order valence-electron chi connectivity index (χ4n) is 1.55. The van der Waals surface area contributed by atoms with E-state index in [-0.39, 0.29) is 11.9 Å². The van der Waals surface area contributed by atoms with E-state index in [2.05, 4.69) is 52.3 Å². The van der Waals surface area contributed by atoms with Crippen molar-refractivity contribution in [2.24, 2.45) is 0 Å². The van der Waals surface area contributed by atoms with E-state index in [9.17, 15) is 4.79 Å². The number of carbonyl (C=O) groups is 1. The molecule has 0 spiro atoms. The normalized spacial score (nSPS) is 16.4. The minimum absolute atomic E-state index is 0.0862. The first kappa shape index (κ1) is 12.7. The highest BCUT2D eigenvalue weighted by atomic mass is 127. The second-order valence-electron chi connectivity index (χ2n) is 4.61. The van der Waals surface area contributed by atoms with Crippen LogP contribution < -0.4 is 10.6 Å². The molecule has 1 fully saturated rings. The zero-order chi connectivity index (χ0) is 12.4. The average Bonchev–Trinajstić information content (AvgIpc) is 3.07. The third-order valence-corrected chi connectivity index (χ3v) is 4.03. The molecule has 1 aliphatic carbocycles. The Bertz CT molecular complexity index is 429. The third-order valence-electron chi connectivity index (χ3n) is 2.87. The van der Waals surface area contributed by atoms with Crippen molar-refractivity contribution < 1.29 is 4.79 Å². The molecule has 1 aromatic carbocycles. The molecule has 4 heteroatoms. The van der Waals surface area contributed by atoms with E-state index in [0.717, 1.165) is 18.5 Å². The van der Waals surface area contributed by atoms with E-state index < -0.39 is 0 Å². The van der Waals surface area contributed by atoms with Gasteiger partial charge in [-0.3, -0.25) is 4.79 Å². The monoisotopic (exact) mass is 344 g/mol. The molecule has 1 atom stereocenters. The van der Waals surface area contributed by atoms with Crippen LogP contribution in [0.5, 0.6) is 0 Å². The number of amides is 1. The Morgan fingerprint density at radius 2 is 2.18 bits per heavy atom. The van der Waals surface area contributed by atoms with Crippen LogP contribution in [0.2, 0.25) is 0 Å². The van der Waals surface area contributed by atoms with Gasteiger partial charge in [-0.2, -0.15) is 0 Å². The van der Waals surface area contributed by atoms with Crippen LogP contribution in [-0.2, 0) is 4.79 Å². The molecule has 1 saturated carbocycles. The summed E-state index contributed by atoms with van der Waals surface area (Å²) in [7, 11) is 0. The maximum absolute atomic E-state index is 11.8. The largest absolute Gasteiger partial charge is 0.374 e. The molecule has 1 aromatic rings. The predicted octanol–water partition coefficient (Wildman–Crippen LogP) is 2.68. The number of aryl methyl sites for hydroxylation is 1. The second kappa shape index (κ2) is 5.25. The lowest BCUT2D eigenvalue weighted by molar-refractivity contribution is -0.121. The molecule has 0 aliphatic heterocycles. The van der Waals surface area contributed by atoms with Crippen LogP contribution in [0.3, 0.4) is 0 Å². The number of carbonyl (C=O) groups excluding carboxylic acids is 1. The molecular formula is C13H17IN2O. The number of halogens is 1. The fraction of sp³-hybridized carbons (Fsp3) is 0.462. The van der Waals surface area contributed by atoms with E-state index in [1.165, 1.54) is 9.13 Å². The predicted molar refractivity (Wildman–Crippen MR) is 78.1 cm³/mol. The average molecular weight is 344 g/mol. The highest BCUT2D eigenvalue weighted by molar-refractivity contribution is 14.1. The number of hydrogen-bond donors (Lipinski definition) is 2. The van der Waals surface area contributed by atoms with Gasteiger partial charge in [-0.25, -0.2) is 0 Å². The first-order valence-corrected chi connectivity index (χ1v) is 6.97. The summed E-state index contributed by atoms with van der Waals surface area (Å²) in [6, 6.07) is 6.38. The van der Waals surface area contributed by atoms with Gasteiger partial charge in [0, 0.05) is 15.3 Å². The summed E-state index contributed by atoms with van der Waals surface area (Å²) in [4.78, 5) is 11.8. The minimum atomic E-state index is -0.186. The van der Waals surface area contributed by atoms with Crippen LogP contribution in [0, 0.1) is 10.5 Å². The Morgan fingerprint density at radius 1 is 1.47 bits per heavy atom. The Kier molecular flexibility index (Phi) is 3.91. The molecule has 0 radical (unpaired) electrons. The number of benzene rings is 1. The molecule has 92 valence electrons. The Hall–Kier alpha value is -0.780. The van der Waals surface area contributed by atoms with Crippen LogP contribution in [-0.4, -0.2) is 18.0 Å². The van der Waals surface area contributed by atoms with E-state index in [0.29, 0.717) is 6.04 Å². The molecule has 0 heterocycles. The van der Waals surface area contributed by atoms with Gasteiger partial charge in [-0.15, -0.1) is 0 Å². The molecule has 1 amide bonds. The van der Waals surface area contributed by atoms with Crippen LogP contribution in [0.25, 0.3) is 0 Å². The maximum Gasteiger partial charge on any atom is 0.242 e. The lowest BCUT2D eigenvalue weighted by Crippen LogP contribution is -2.38. The van der Waals surface area contributed by atoms with Crippen molar-refractivity contribution in [3.63, 3.8) is 0 Å². The minimum Gasteiger partial charge on any atom is -0.374 e. The summed E-state index contributed by atoms with van der Waals surface area (Å²) >= 11 is 2.30. The molecule has 3 nitrogen and oxygen atoms in total. The number of rotatable bonds is 4. The Balaban J connectivity index is 1.94. The van der Waals surface area contributed by atoms with Gasteiger partial charge >= 0.3 is 0 Å². The van der Waals surface area contributed by atoms with Gasteiger partial charge in [0.05, 0.1) is 0 Å². The maximum atomic E-state index is 11.8. The highest BCUT2D eigenvalue weighted by Gasteiger charge is 2.25. The van der Waals surface area contributed by atoms with E-state index in [1.807, 2.05) is 13.0 Å². The zero-order valence-corrected chi connectivity index (χ0v) is 12.2. The smallest absolute Gasteiger partial charge is 0.242 e. The molecule has 0 bridgehead atoms. The summed E-state index contributed by atoms with van der Waals surface area (Å²) in [6.07, 6.45) is 2.25. The van der Waals surface area contributed by atoms with E-state index in [4.69, 9.17) is 0 Å². The van der Waals surface area contributed by atoms with Gasteiger partial charge in [0.2, 0.25) is 5.91 Å². The molecular weight excluding hydrogens is 327 g/mol. The van der Waals surface area contributed by atoms with Crippen molar-refractivity contribution in [3.8, 4) is 0 Å². The standard InChI is InChI=1S/C13H17IN2O/c1-8-3-4-11(7-12(8)14)15-9(2)13(17)16-10-5-6-10/h3-4,7,9-10,15H,5-6H2,1-2H3,(H,16,17). The van der Waals surface area contributed by atoms with Crippen molar-refractivity contribution in [2.75, 3.05) is 5.32 Å². The number of anilines is 1. The van der Waals surface area contributed by atoms with E-state index >= 15 is 0 Å². The summed E-state index contributed by atoms with van der Waals surface area (Å²) in [5, 5.41) is 6.22. The summed E-state index contributed by atoms with van der Waals surface area (Å²) in [6.45, 7) is 3.97. The molecule has 2 rings (SSSR count). The summed E-state index contributed by atoms with van der Waals surface area (Å²) in [5.74, 6) is 0.0862. The molecule has 1 unspecified atom stereocenters. The Morgan fingerprint density at radius 3 is 2.76 bits per heavy atom. The van der Waals surface area contributed by atoms with Crippen molar-refractivity contribution in [1.29, 1.82) is 0 Å². The topological polar surface area (TPSA) is 41.1 Å². The van der Waals surface area contributed by atoms with Crippen molar-refractivity contribution in [2.45, 2.75) is 38.8 Å². The molecule has 0 aromatic heterocycles. The van der Waals surface area contributed by atoms with Crippen molar-refractivity contribution in [3.05, 3.63) is 27.3 Å². The first-order valence-electron chi connectivity index (χ1n) is 5.89. The fourth-order valence-corrected chi connectivity index (χ4v) is 2.07. The Labute approximate surface area is 116 Å². The number of hydrogen-bond acceptors (Lipinski definition) is 2. The summed E-state index contributed by atoms with van der Waals surface area (Å²) < 4.78 is 1.21. The number of nitrogens with one attached hydrogen (secondary N) is 2. The lowest BCUT2D eigenvalue weighted by Gasteiger charge is -2.15. The van der Waals surface area contributed by atoms with Crippen LogP contribution in [0.1, 0.15) is 25.3 Å². The quantitative estimate of drug-likeness (QED) is 0.825. The zero-order valence-electron chi connectivity index (χ0n) is 10.1. The summed E-state index contributed by atoms with van der Waals surface area (Å²) in [5.41, 5.74) is 2.25. The SMILES string of the molecule is Cc1ccc(NC(C)C(=O)NC2CC2)cc1I. The molecule has 17 heavy (non-hydrogen) atoms. The highest BCUT2D eigenvalue weighted by Crippen LogP contribution is 2.20. The van der Waals surface area contributed by atoms with Crippen molar-refractivity contribution in [1.82, 2.24) is 5.32 Å². The van der Waals surface area contributed by atoms with E-state index in [1.54, 1.807) is 0 Å². The van der Waals surface area contributed by atoms with Gasteiger partial charge in [-0.05, 0) is 67.0 Å². The molecule has 1 aliphatic rings.